The summed E-state index contributed by atoms with van der Waals surface area (Å²) in [6.45, 7) is 0.797. The maximum Gasteiger partial charge on any atom is 0.360 e. The molecule has 5 nitrogen and oxygen atoms in total. The highest BCUT2D eigenvalue weighted by molar-refractivity contribution is 6.23. The maximum atomic E-state index is 10.4. The van der Waals surface area contributed by atoms with Gasteiger partial charge in [0.1, 0.15) is 0 Å². The molecule has 6 heteroatoms. The molecule has 80 valence electrons. The van der Waals surface area contributed by atoms with Gasteiger partial charge in [-0.3, -0.25) is 10.1 Å². The Kier molecular flexibility index (Phi) is 4.79. The lowest BCUT2D eigenvalue weighted by Gasteiger charge is -2.01. The zero-order valence-electron chi connectivity index (χ0n) is 8.60. The van der Waals surface area contributed by atoms with E-state index in [1.54, 1.807) is 19.2 Å². The van der Waals surface area contributed by atoms with Crippen LogP contribution in [-0.2, 0) is 11.1 Å². The van der Waals surface area contributed by atoms with E-state index in [-0.39, 0.29) is 5.69 Å². The second-order valence-electron chi connectivity index (χ2n) is 3.11. The summed E-state index contributed by atoms with van der Waals surface area (Å²) >= 11 is 0. The van der Waals surface area contributed by atoms with E-state index in [0.717, 1.165) is 18.5 Å². The molecule has 0 aliphatic rings. The van der Waals surface area contributed by atoms with Crippen molar-refractivity contribution in [3.05, 3.63) is 39.9 Å². The smallest absolute Gasteiger partial charge is 0.360 e. The molecule has 0 spiro atoms. The number of rotatable bonds is 6. The summed E-state index contributed by atoms with van der Waals surface area (Å²) in [6, 6.07) is 6.58. The second-order valence-corrected chi connectivity index (χ2v) is 3.11. The summed E-state index contributed by atoms with van der Waals surface area (Å²) < 4.78 is 4.83. The Morgan fingerprint density at radius 3 is 2.67 bits per heavy atom. The van der Waals surface area contributed by atoms with Crippen molar-refractivity contribution in [1.82, 2.24) is 5.23 Å². The van der Waals surface area contributed by atoms with Crippen LogP contribution < -0.4 is 5.23 Å². The minimum absolute atomic E-state index is 0.128. The Bertz CT molecular complexity index is 316. The lowest BCUT2D eigenvalue weighted by Crippen LogP contribution is -2.23. The summed E-state index contributed by atoms with van der Waals surface area (Å²) in [4.78, 5) is 9.99. The summed E-state index contributed by atoms with van der Waals surface area (Å²) in [5, 5.41) is 13.5. The molecule has 0 atom stereocenters. The van der Waals surface area contributed by atoms with Crippen molar-refractivity contribution in [2.45, 2.75) is 6.42 Å². The SMILES string of the molecule is COBNCCc1ccc([N+](=O)[O-])cc1. The number of non-ortho nitro benzene ring substituents is 1. The average molecular weight is 208 g/mol. The third-order valence-electron chi connectivity index (χ3n) is 1.98. The van der Waals surface area contributed by atoms with Crippen molar-refractivity contribution in [2.75, 3.05) is 13.7 Å². The number of hydrogen-bond donors (Lipinski definition) is 1. The molecule has 0 amide bonds. The summed E-state index contributed by atoms with van der Waals surface area (Å²) in [6.07, 6.45) is 0.835. The van der Waals surface area contributed by atoms with Gasteiger partial charge in [-0.2, -0.15) is 0 Å². The van der Waals surface area contributed by atoms with Crippen LogP contribution in [0.25, 0.3) is 0 Å². The Hall–Kier alpha value is -1.40. The molecule has 0 heterocycles. The lowest BCUT2D eigenvalue weighted by atomic mass is 10.1. The predicted octanol–water partition coefficient (Wildman–Crippen LogP) is 0.640. The Labute approximate surface area is 88.9 Å². The first-order valence-electron chi connectivity index (χ1n) is 4.67. The summed E-state index contributed by atoms with van der Waals surface area (Å²) in [5.41, 5.74) is 1.20. The van der Waals surface area contributed by atoms with Crippen LogP contribution in [0.2, 0.25) is 0 Å². The van der Waals surface area contributed by atoms with Crippen LogP contribution in [0.15, 0.2) is 24.3 Å². The van der Waals surface area contributed by atoms with Crippen LogP contribution in [0.1, 0.15) is 5.56 Å². The van der Waals surface area contributed by atoms with Gasteiger partial charge in [0.25, 0.3) is 5.69 Å². The Balaban J connectivity index is 2.39. The number of nitro groups is 1. The highest BCUT2D eigenvalue weighted by atomic mass is 16.6. The van der Waals surface area contributed by atoms with Gasteiger partial charge in [0.15, 0.2) is 0 Å². The van der Waals surface area contributed by atoms with E-state index in [4.69, 9.17) is 4.65 Å². The molecular formula is C9H13BN2O3. The zero-order chi connectivity index (χ0) is 11.1. The van der Waals surface area contributed by atoms with Gasteiger partial charge in [0.2, 0.25) is 0 Å². The first-order chi connectivity index (χ1) is 7.24. The van der Waals surface area contributed by atoms with Gasteiger partial charge in [-0.15, -0.1) is 0 Å². The topological polar surface area (TPSA) is 64.4 Å². The van der Waals surface area contributed by atoms with Crippen molar-refractivity contribution in [2.24, 2.45) is 0 Å². The fourth-order valence-corrected chi connectivity index (χ4v) is 1.19. The third kappa shape index (κ3) is 4.10. The minimum Gasteiger partial charge on any atom is -0.427 e. The van der Waals surface area contributed by atoms with Crippen LogP contribution in [0.5, 0.6) is 0 Å². The van der Waals surface area contributed by atoms with Crippen LogP contribution in [0.4, 0.5) is 5.69 Å². The monoisotopic (exact) mass is 208 g/mol. The molecule has 0 unspecified atom stereocenters. The van der Waals surface area contributed by atoms with Crippen LogP contribution in [-0.4, -0.2) is 26.2 Å². The van der Waals surface area contributed by atoms with Crippen molar-refractivity contribution in [3.8, 4) is 0 Å². The Morgan fingerprint density at radius 2 is 2.13 bits per heavy atom. The molecule has 15 heavy (non-hydrogen) atoms. The predicted molar refractivity (Wildman–Crippen MR) is 59.0 cm³/mol. The molecule has 0 aromatic heterocycles. The van der Waals surface area contributed by atoms with E-state index in [0.29, 0.717) is 7.62 Å². The first-order valence-corrected chi connectivity index (χ1v) is 4.67. The summed E-state index contributed by atoms with van der Waals surface area (Å²) in [7, 11) is 2.14. The quantitative estimate of drug-likeness (QED) is 0.322. The molecule has 0 radical (unpaired) electrons. The van der Waals surface area contributed by atoms with Gasteiger partial charge >= 0.3 is 7.62 Å². The molecule has 0 aliphatic heterocycles. The van der Waals surface area contributed by atoms with Crippen molar-refractivity contribution >= 4 is 13.3 Å². The first kappa shape index (κ1) is 11.7. The maximum absolute atomic E-state index is 10.4. The van der Waals surface area contributed by atoms with Gasteiger partial charge in [0.05, 0.1) is 4.92 Å². The van der Waals surface area contributed by atoms with E-state index in [2.05, 4.69) is 5.23 Å². The highest BCUT2D eigenvalue weighted by Crippen LogP contribution is 2.11. The molecule has 1 rings (SSSR count). The molecule has 0 bridgehead atoms. The van der Waals surface area contributed by atoms with Crippen LogP contribution in [0.3, 0.4) is 0 Å². The normalized spacial score (nSPS) is 9.93. The molecule has 1 aromatic carbocycles. The molecule has 1 N–H and O–H groups in total. The number of benzene rings is 1. The molecule has 0 saturated carbocycles. The minimum atomic E-state index is -0.396. The van der Waals surface area contributed by atoms with Crippen molar-refractivity contribution in [1.29, 1.82) is 0 Å². The lowest BCUT2D eigenvalue weighted by molar-refractivity contribution is -0.384. The molecule has 1 aromatic rings. The van der Waals surface area contributed by atoms with E-state index in [1.807, 2.05) is 0 Å². The standard InChI is InChI=1S/C9H13BN2O3/c1-15-10-11-7-6-8-2-4-9(5-3-8)12(13)14/h2-5,10-11H,6-7H2,1H3. The summed E-state index contributed by atoms with van der Waals surface area (Å²) in [5.74, 6) is 0. The highest BCUT2D eigenvalue weighted by Gasteiger charge is 2.03. The van der Waals surface area contributed by atoms with Gasteiger partial charge in [-0.05, 0) is 18.5 Å². The van der Waals surface area contributed by atoms with Gasteiger partial charge < -0.3 is 9.88 Å². The second kappa shape index (κ2) is 6.16. The van der Waals surface area contributed by atoms with Crippen molar-refractivity contribution < 1.29 is 9.58 Å². The van der Waals surface area contributed by atoms with E-state index in [1.165, 1.54) is 12.1 Å². The number of nitrogens with zero attached hydrogens (tertiary/aromatic N) is 1. The Morgan fingerprint density at radius 1 is 1.47 bits per heavy atom. The van der Waals surface area contributed by atoms with E-state index in [9.17, 15) is 10.1 Å². The van der Waals surface area contributed by atoms with Gasteiger partial charge in [-0.1, -0.05) is 12.1 Å². The van der Waals surface area contributed by atoms with Crippen LogP contribution in [0, 0.1) is 10.1 Å². The number of nitrogens with one attached hydrogen (secondary N) is 1. The van der Waals surface area contributed by atoms with Gasteiger partial charge in [0, 0.05) is 19.2 Å². The molecular weight excluding hydrogens is 195 g/mol. The molecule has 0 saturated heterocycles. The number of nitro benzene ring substituents is 1. The van der Waals surface area contributed by atoms with Gasteiger partial charge in [-0.25, -0.2) is 0 Å². The molecule has 0 aliphatic carbocycles. The fraction of sp³-hybridized carbons (Fsp3) is 0.333. The third-order valence-corrected chi connectivity index (χ3v) is 1.98. The fourth-order valence-electron chi connectivity index (χ4n) is 1.19. The van der Waals surface area contributed by atoms with E-state index >= 15 is 0 Å². The van der Waals surface area contributed by atoms with Crippen LogP contribution >= 0.6 is 0 Å². The zero-order valence-corrected chi connectivity index (χ0v) is 8.60. The van der Waals surface area contributed by atoms with E-state index < -0.39 is 4.92 Å². The largest absolute Gasteiger partial charge is 0.427 e. The average Bonchev–Trinajstić information content (AvgIpc) is 2.25. The number of hydrogen-bond acceptors (Lipinski definition) is 4. The van der Waals surface area contributed by atoms with Crippen molar-refractivity contribution in [3.63, 3.8) is 0 Å². The molecule has 0 fully saturated rings.